The maximum Gasteiger partial charge on any atom is 0.416 e. The molecular weight excluding hydrogens is 431 g/mol. The zero-order chi connectivity index (χ0) is 22.3. The first kappa shape index (κ1) is 20.8. The molecule has 4 rings (SSSR count). The summed E-state index contributed by atoms with van der Waals surface area (Å²) in [7, 11) is 0. The molecule has 0 saturated heterocycles. The second-order valence-electron chi connectivity index (χ2n) is 6.88. The molecule has 0 amide bonds. The van der Waals surface area contributed by atoms with E-state index in [2.05, 4.69) is 4.98 Å². The number of halogens is 3. The Morgan fingerprint density at radius 2 is 1.90 bits per heavy atom. The number of carbonyl (C=O) groups excluding carboxylic acids is 1. The predicted octanol–water partition coefficient (Wildman–Crippen LogP) is 6.01. The van der Waals surface area contributed by atoms with E-state index < -0.39 is 23.5 Å². The highest BCUT2D eigenvalue weighted by molar-refractivity contribution is 7.14. The minimum Gasteiger partial charge on any atom is -0.478 e. The largest absolute Gasteiger partial charge is 0.478 e. The summed E-state index contributed by atoms with van der Waals surface area (Å²) in [6.07, 6.45) is -4.75. The number of benzene rings is 2. The third-order valence-electron chi connectivity index (χ3n) is 4.76. The molecule has 0 saturated carbocycles. The van der Waals surface area contributed by atoms with Crippen LogP contribution in [0.15, 0.2) is 52.3 Å². The van der Waals surface area contributed by atoms with Gasteiger partial charge in [-0.2, -0.15) is 13.2 Å². The number of Topliss-reactive ketones (excluding diaryl/α,β-unsaturated/α-hetero) is 1. The third-order valence-corrected chi connectivity index (χ3v) is 5.82. The lowest BCUT2D eigenvalue weighted by atomic mass is 9.98. The molecule has 2 heterocycles. The standard InChI is InChI=1S/C22H14F3NO4S/c1-11-8-13(22(23,24)25)6-7-14(11)19-18(21(28)29)12(10-31-19)9-16(27)20-26-15-4-2-3-5-17(15)30-20/h2-8,10H,9H2,1H3,(H,28,29). The molecule has 2 aromatic heterocycles. The molecule has 0 aliphatic rings. The van der Waals surface area contributed by atoms with Gasteiger partial charge in [0.05, 0.1) is 11.1 Å². The molecule has 0 fully saturated rings. The van der Waals surface area contributed by atoms with Crippen LogP contribution >= 0.6 is 11.3 Å². The lowest BCUT2D eigenvalue weighted by molar-refractivity contribution is -0.137. The van der Waals surface area contributed by atoms with Crippen molar-refractivity contribution in [3.63, 3.8) is 0 Å². The maximum atomic E-state index is 13.0. The topological polar surface area (TPSA) is 80.4 Å². The summed E-state index contributed by atoms with van der Waals surface area (Å²) >= 11 is 1.06. The normalized spacial score (nSPS) is 11.7. The van der Waals surface area contributed by atoms with Crippen LogP contribution in [0.5, 0.6) is 0 Å². The summed E-state index contributed by atoms with van der Waals surface area (Å²) in [5.74, 6) is -1.89. The number of nitrogens with zero attached hydrogens (tertiary/aromatic N) is 1. The van der Waals surface area contributed by atoms with E-state index in [0.29, 0.717) is 21.5 Å². The van der Waals surface area contributed by atoms with Gasteiger partial charge in [-0.15, -0.1) is 11.3 Å². The van der Waals surface area contributed by atoms with Gasteiger partial charge < -0.3 is 9.52 Å². The van der Waals surface area contributed by atoms with E-state index in [9.17, 15) is 27.9 Å². The van der Waals surface area contributed by atoms with Gasteiger partial charge in [0.2, 0.25) is 5.78 Å². The number of thiophene rings is 1. The number of ketones is 1. The van der Waals surface area contributed by atoms with E-state index in [0.717, 1.165) is 23.5 Å². The number of fused-ring (bicyclic) bond motifs is 1. The molecule has 9 heteroatoms. The fourth-order valence-corrected chi connectivity index (χ4v) is 4.44. The van der Waals surface area contributed by atoms with E-state index in [1.54, 1.807) is 24.3 Å². The molecule has 2 aromatic carbocycles. The molecule has 0 radical (unpaired) electrons. The Morgan fingerprint density at radius 3 is 2.55 bits per heavy atom. The zero-order valence-corrected chi connectivity index (χ0v) is 16.8. The number of carboxylic acids is 1. The summed E-state index contributed by atoms with van der Waals surface area (Å²) in [5.41, 5.74) is 0.934. The minimum absolute atomic E-state index is 0.114. The monoisotopic (exact) mass is 445 g/mol. The van der Waals surface area contributed by atoms with Gasteiger partial charge in [-0.25, -0.2) is 9.78 Å². The number of rotatable bonds is 5. The lowest BCUT2D eigenvalue weighted by Gasteiger charge is -2.11. The molecule has 0 aliphatic heterocycles. The molecule has 4 aromatic rings. The van der Waals surface area contributed by atoms with Gasteiger partial charge in [0.25, 0.3) is 5.89 Å². The first-order valence-electron chi connectivity index (χ1n) is 9.06. The fraction of sp³-hybridized carbons (Fsp3) is 0.136. The fourth-order valence-electron chi connectivity index (χ4n) is 3.29. The highest BCUT2D eigenvalue weighted by atomic mass is 32.1. The SMILES string of the molecule is Cc1cc(C(F)(F)F)ccc1-c1scc(CC(=O)c2nc3ccccc3o2)c1C(=O)O. The Morgan fingerprint density at radius 1 is 1.16 bits per heavy atom. The number of hydrogen-bond donors (Lipinski definition) is 1. The van der Waals surface area contributed by atoms with Crippen LogP contribution in [-0.2, 0) is 12.6 Å². The first-order chi connectivity index (χ1) is 14.6. The van der Waals surface area contributed by atoms with Gasteiger partial charge >= 0.3 is 12.1 Å². The van der Waals surface area contributed by atoms with Crippen molar-refractivity contribution >= 4 is 34.2 Å². The van der Waals surface area contributed by atoms with Gasteiger partial charge in [-0.3, -0.25) is 4.79 Å². The van der Waals surface area contributed by atoms with Crippen molar-refractivity contribution in [1.29, 1.82) is 0 Å². The van der Waals surface area contributed by atoms with Gasteiger partial charge in [-0.1, -0.05) is 18.2 Å². The van der Waals surface area contributed by atoms with Crippen molar-refractivity contribution in [1.82, 2.24) is 4.98 Å². The highest BCUT2D eigenvalue weighted by Crippen LogP contribution is 2.38. The quantitative estimate of drug-likeness (QED) is 0.381. The van der Waals surface area contributed by atoms with Crippen LogP contribution in [0.3, 0.4) is 0 Å². The van der Waals surface area contributed by atoms with Crippen LogP contribution < -0.4 is 0 Å². The van der Waals surface area contributed by atoms with Gasteiger partial charge in [0.1, 0.15) is 5.52 Å². The van der Waals surface area contributed by atoms with Crippen molar-refractivity contribution in [2.45, 2.75) is 19.5 Å². The number of aromatic carboxylic acids is 1. The number of aryl methyl sites for hydroxylation is 1. The molecule has 0 unspecified atom stereocenters. The third kappa shape index (κ3) is 3.96. The van der Waals surface area contributed by atoms with E-state index in [4.69, 9.17) is 4.42 Å². The smallest absolute Gasteiger partial charge is 0.416 e. The number of carboxylic acid groups (broad SMARTS) is 1. The number of alkyl halides is 3. The minimum atomic E-state index is -4.49. The van der Waals surface area contributed by atoms with Crippen molar-refractivity contribution in [2.24, 2.45) is 0 Å². The zero-order valence-electron chi connectivity index (χ0n) is 16.0. The Labute approximate surface area is 177 Å². The molecule has 5 nitrogen and oxygen atoms in total. The van der Waals surface area contributed by atoms with E-state index in [1.807, 2.05) is 0 Å². The molecule has 0 bridgehead atoms. The molecule has 31 heavy (non-hydrogen) atoms. The number of oxazole rings is 1. The molecule has 0 aliphatic carbocycles. The van der Waals surface area contributed by atoms with Gasteiger partial charge in [0.15, 0.2) is 5.58 Å². The summed E-state index contributed by atoms with van der Waals surface area (Å²) in [6.45, 7) is 1.49. The van der Waals surface area contributed by atoms with Crippen molar-refractivity contribution in [3.8, 4) is 10.4 Å². The molecular formula is C22H14F3NO4S. The van der Waals surface area contributed by atoms with Crippen LogP contribution in [0.1, 0.15) is 37.7 Å². The Hall–Kier alpha value is -3.46. The van der Waals surface area contributed by atoms with Crippen LogP contribution in [0.25, 0.3) is 21.5 Å². The Balaban J connectivity index is 1.69. The summed E-state index contributed by atoms with van der Waals surface area (Å²) < 4.78 is 44.3. The molecule has 158 valence electrons. The number of para-hydroxylation sites is 2. The van der Waals surface area contributed by atoms with Crippen LogP contribution in [0.4, 0.5) is 13.2 Å². The van der Waals surface area contributed by atoms with E-state index in [1.165, 1.54) is 18.4 Å². The van der Waals surface area contributed by atoms with Crippen LogP contribution in [0, 0.1) is 6.92 Å². The average Bonchev–Trinajstić information content (AvgIpc) is 3.31. The summed E-state index contributed by atoms with van der Waals surface area (Å²) in [4.78, 5) is 29.0. The second kappa shape index (κ2) is 7.66. The van der Waals surface area contributed by atoms with Crippen LogP contribution in [-0.4, -0.2) is 21.8 Å². The molecule has 0 atom stereocenters. The Bertz CT molecular complexity index is 1290. The highest BCUT2D eigenvalue weighted by Gasteiger charge is 2.31. The number of hydrogen-bond acceptors (Lipinski definition) is 5. The number of aromatic nitrogens is 1. The van der Waals surface area contributed by atoms with Crippen molar-refractivity contribution in [3.05, 3.63) is 76.0 Å². The maximum absolute atomic E-state index is 13.0. The predicted molar refractivity (Wildman–Crippen MR) is 108 cm³/mol. The first-order valence-corrected chi connectivity index (χ1v) is 9.93. The van der Waals surface area contributed by atoms with Crippen molar-refractivity contribution in [2.75, 3.05) is 0 Å². The Kier molecular flexibility index (Phi) is 5.14. The van der Waals surface area contributed by atoms with E-state index in [-0.39, 0.29) is 29.0 Å². The lowest BCUT2D eigenvalue weighted by Crippen LogP contribution is -2.08. The molecule has 1 N–H and O–H groups in total. The second-order valence-corrected chi connectivity index (χ2v) is 7.76. The van der Waals surface area contributed by atoms with E-state index >= 15 is 0 Å². The molecule has 0 spiro atoms. The van der Waals surface area contributed by atoms with Gasteiger partial charge in [-0.05, 0) is 53.3 Å². The summed E-state index contributed by atoms with van der Waals surface area (Å²) in [6, 6.07) is 9.98. The van der Waals surface area contributed by atoms with Crippen LogP contribution in [0.2, 0.25) is 0 Å². The number of carbonyl (C=O) groups is 2. The average molecular weight is 445 g/mol. The van der Waals surface area contributed by atoms with Gasteiger partial charge in [0, 0.05) is 11.3 Å². The van der Waals surface area contributed by atoms with Crippen molar-refractivity contribution < 1.29 is 32.3 Å². The summed E-state index contributed by atoms with van der Waals surface area (Å²) in [5, 5.41) is 11.3.